The van der Waals surface area contributed by atoms with Crippen LogP contribution < -0.4 is 5.73 Å². The van der Waals surface area contributed by atoms with Crippen molar-refractivity contribution in [2.45, 2.75) is 10.1 Å². The van der Waals surface area contributed by atoms with Crippen LogP contribution >= 0.6 is 23.1 Å². The van der Waals surface area contributed by atoms with Gasteiger partial charge < -0.3 is 5.73 Å². The van der Waals surface area contributed by atoms with Crippen LogP contribution in [0.15, 0.2) is 34.1 Å². The highest BCUT2D eigenvalue weighted by molar-refractivity contribution is 8.00. The minimum Gasteiger partial charge on any atom is -0.396 e. The van der Waals surface area contributed by atoms with E-state index in [1.165, 1.54) is 11.8 Å². The van der Waals surface area contributed by atoms with Crippen LogP contribution in [0, 0.1) is 5.82 Å². The fourth-order valence-corrected chi connectivity index (χ4v) is 2.75. The lowest BCUT2D eigenvalue weighted by Crippen LogP contribution is -1.94. The van der Waals surface area contributed by atoms with Crippen molar-refractivity contribution in [2.75, 3.05) is 5.73 Å². The van der Waals surface area contributed by atoms with E-state index in [1.54, 1.807) is 35.7 Å². The van der Waals surface area contributed by atoms with E-state index in [9.17, 15) is 4.39 Å². The summed E-state index contributed by atoms with van der Waals surface area (Å²) < 4.78 is 14.4. The van der Waals surface area contributed by atoms with E-state index in [4.69, 9.17) is 5.73 Å². The molecule has 0 spiro atoms. The maximum absolute atomic E-state index is 13.5. The molecule has 5 heteroatoms. The Morgan fingerprint density at radius 2 is 2.33 bits per heavy atom. The first-order valence-corrected chi connectivity index (χ1v) is 6.19. The van der Waals surface area contributed by atoms with Gasteiger partial charge in [0, 0.05) is 22.9 Å². The highest BCUT2D eigenvalue weighted by Crippen LogP contribution is 2.26. The highest BCUT2D eigenvalue weighted by Gasteiger charge is 2.06. The van der Waals surface area contributed by atoms with Gasteiger partial charge in [0.15, 0.2) is 0 Å². The topological polar surface area (TPSA) is 38.9 Å². The largest absolute Gasteiger partial charge is 0.396 e. The smallest absolute Gasteiger partial charge is 0.150 e. The van der Waals surface area contributed by atoms with Gasteiger partial charge >= 0.3 is 0 Å². The first-order valence-electron chi connectivity index (χ1n) is 4.32. The molecule has 78 valence electrons. The van der Waals surface area contributed by atoms with Crippen molar-refractivity contribution in [3.63, 3.8) is 0 Å². The van der Waals surface area contributed by atoms with Gasteiger partial charge in [-0.05, 0) is 6.07 Å². The van der Waals surface area contributed by atoms with E-state index < -0.39 is 0 Å². The van der Waals surface area contributed by atoms with Crippen LogP contribution in [-0.4, -0.2) is 4.98 Å². The van der Waals surface area contributed by atoms with E-state index in [1.807, 2.05) is 5.38 Å². The quantitative estimate of drug-likeness (QED) is 0.661. The Bertz CT molecular complexity index is 443. The second kappa shape index (κ2) is 4.63. The van der Waals surface area contributed by atoms with E-state index in [0.717, 1.165) is 4.34 Å². The fourth-order valence-electron chi connectivity index (χ4n) is 1.13. The molecule has 0 radical (unpaired) electrons. The van der Waals surface area contributed by atoms with E-state index >= 15 is 0 Å². The van der Waals surface area contributed by atoms with Gasteiger partial charge in [-0.15, -0.1) is 11.3 Å². The van der Waals surface area contributed by atoms with Crippen LogP contribution in [0.5, 0.6) is 0 Å². The molecule has 0 unspecified atom stereocenters. The molecule has 15 heavy (non-hydrogen) atoms. The number of thiazole rings is 1. The van der Waals surface area contributed by atoms with Crippen LogP contribution in [0.4, 0.5) is 10.1 Å². The lowest BCUT2D eigenvalue weighted by Gasteiger charge is -2.03. The van der Waals surface area contributed by atoms with Gasteiger partial charge in [-0.1, -0.05) is 23.9 Å². The molecule has 0 saturated carbocycles. The van der Waals surface area contributed by atoms with Crippen LogP contribution in [-0.2, 0) is 5.75 Å². The number of halogens is 1. The molecule has 1 aromatic heterocycles. The monoisotopic (exact) mass is 240 g/mol. The predicted octanol–water partition coefficient (Wildman–Crippen LogP) is 3.16. The number of nitrogens with zero attached hydrogens (tertiary/aromatic N) is 1. The van der Waals surface area contributed by atoms with E-state index in [-0.39, 0.29) is 11.5 Å². The number of benzene rings is 1. The average Bonchev–Trinajstić information content (AvgIpc) is 2.73. The van der Waals surface area contributed by atoms with Crippen molar-refractivity contribution in [1.29, 1.82) is 0 Å². The number of thioether (sulfide) groups is 1. The molecule has 0 aliphatic rings. The number of nitrogen functional groups attached to an aromatic ring is 1. The normalized spacial score (nSPS) is 10.5. The summed E-state index contributed by atoms with van der Waals surface area (Å²) in [5, 5.41) is 1.90. The number of nitrogens with two attached hydrogens (primary N) is 1. The number of hydrogen-bond acceptors (Lipinski definition) is 4. The van der Waals surface area contributed by atoms with Gasteiger partial charge in [-0.3, -0.25) is 0 Å². The molecule has 2 N–H and O–H groups in total. The van der Waals surface area contributed by atoms with Crippen molar-refractivity contribution in [3.05, 3.63) is 41.2 Å². The molecule has 0 amide bonds. The van der Waals surface area contributed by atoms with E-state index in [2.05, 4.69) is 4.98 Å². The highest BCUT2D eigenvalue weighted by atomic mass is 32.2. The van der Waals surface area contributed by atoms with Gasteiger partial charge in [-0.2, -0.15) is 0 Å². The fraction of sp³-hybridized carbons (Fsp3) is 0.100. The summed E-state index contributed by atoms with van der Waals surface area (Å²) in [6.07, 6.45) is 1.74. The molecule has 0 bridgehead atoms. The number of hydrogen-bond donors (Lipinski definition) is 1. The third kappa shape index (κ3) is 2.49. The van der Waals surface area contributed by atoms with Crippen LogP contribution in [0.1, 0.15) is 5.56 Å². The molecule has 0 saturated heterocycles. The molecular weight excluding hydrogens is 231 g/mol. The standard InChI is InChI=1S/C10H9FN2S2/c11-9-7(2-1-3-8(9)12)6-15-10-13-4-5-14-10/h1-5H,6,12H2. The molecule has 2 aromatic rings. The number of rotatable bonds is 3. The zero-order valence-corrected chi connectivity index (χ0v) is 9.45. The minimum atomic E-state index is -0.318. The lowest BCUT2D eigenvalue weighted by molar-refractivity contribution is 0.622. The van der Waals surface area contributed by atoms with Crippen molar-refractivity contribution in [2.24, 2.45) is 0 Å². The third-order valence-corrected chi connectivity index (χ3v) is 3.88. The summed E-state index contributed by atoms with van der Waals surface area (Å²) in [7, 11) is 0. The second-order valence-corrected chi connectivity index (χ2v) is 5.02. The SMILES string of the molecule is Nc1cccc(CSc2nccs2)c1F. The Hall–Kier alpha value is -1.07. The summed E-state index contributed by atoms with van der Waals surface area (Å²) in [4.78, 5) is 4.11. The Morgan fingerprint density at radius 3 is 3.07 bits per heavy atom. The van der Waals surface area contributed by atoms with Gasteiger partial charge in [0.2, 0.25) is 0 Å². The third-order valence-electron chi connectivity index (χ3n) is 1.87. The molecule has 0 fully saturated rings. The second-order valence-electron chi connectivity index (χ2n) is 2.91. The van der Waals surface area contributed by atoms with E-state index in [0.29, 0.717) is 11.3 Å². The zero-order chi connectivity index (χ0) is 10.7. The van der Waals surface area contributed by atoms with Crippen molar-refractivity contribution in [3.8, 4) is 0 Å². The van der Waals surface area contributed by atoms with Crippen LogP contribution in [0.25, 0.3) is 0 Å². The molecular formula is C10H9FN2S2. The molecule has 0 aliphatic heterocycles. The summed E-state index contributed by atoms with van der Waals surface area (Å²) in [5.41, 5.74) is 6.29. The molecule has 0 aliphatic carbocycles. The molecule has 2 rings (SSSR count). The predicted molar refractivity (Wildman–Crippen MR) is 62.5 cm³/mol. The van der Waals surface area contributed by atoms with Crippen molar-refractivity contribution >= 4 is 28.8 Å². The maximum atomic E-state index is 13.5. The van der Waals surface area contributed by atoms with Crippen LogP contribution in [0.2, 0.25) is 0 Å². The van der Waals surface area contributed by atoms with Gasteiger partial charge in [-0.25, -0.2) is 9.37 Å². The lowest BCUT2D eigenvalue weighted by atomic mass is 10.2. The summed E-state index contributed by atoms with van der Waals surface area (Å²) in [6, 6.07) is 5.06. The molecule has 1 aromatic carbocycles. The Balaban J connectivity index is 2.08. The maximum Gasteiger partial charge on any atom is 0.150 e. The van der Waals surface area contributed by atoms with Crippen LogP contribution in [0.3, 0.4) is 0 Å². The summed E-state index contributed by atoms with van der Waals surface area (Å²) >= 11 is 3.07. The van der Waals surface area contributed by atoms with Gasteiger partial charge in [0.25, 0.3) is 0 Å². The first kappa shape index (κ1) is 10.4. The first-order chi connectivity index (χ1) is 7.27. The number of anilines is 1. The summed E-state index contributed by atoms with van der Waals surface area (Å²) in [6.45, 7) is 0. The Labute approximate surface area is 95.3 Å². The molecule has 1 heterocycles. The van der Waals surface area contributed by atoms with Crippen molar-refractivity contribution in [1.82, 2.24) is 4.98 Å². The van der Waals surface area contributed by atoms with Gasteiger partial charge in [0.1, 0.15) is 10.2 Å². The number of aromatic nitrogens is 1. The Kier molecular flexibility index (Phi) is 3.23. The molecule has 0 atom stereocenters. The Morgan fingerprint density at radius 1 is 1.47 bits per heavy atom. The molecule has 2 nitrogen and oxygen atoms in total. The van der Waals surface area contributed by atoms with Crippen molar-refractivity contribution < 1.29 is 4.39 Å². The summed E-state index contributed by atoms with van der Waals surface area (Å²) in [5.74, 6) is 0.242. The van der Waals surface area contributed by atoms with Gasteiger partial charge in [0.05, 0.1) is 5.69 Å². The minimum absolute atomic E-state index is 0.201. The zero-order valence-electron chi connectivity index (χ0n) is 7.81. The average molecular weight is 240 g/mol.